The molecule has 7 N–H and O–H groups in total. The zero-order valence-corrected chi connectivity index (χ0v) is 29.0. The maximum absolute atomic E-state index is 13.3. The number of amides is 1. The predicted molar refractivity (Wildman–Crippen MR) is 197 cm³/mol. The third kappa shape index (κ3) is 7.75. The summed E-state index contributed by atoms with van der Waals surface area (Å²) >= 11 is 0. The van der Waals surface area contributed by atoms with E-state index < -0.39 is 21.4 Å². The van der Waals surface area contributed by atoms with Crippen LogP contribution in [0.25, 0.3) is 10.9 Å². The van der Waals surface area contributed by atoms with E-state index >= 15 is 0 Å². The smallest absolute Gasteiger partial charge is 0.248 e. The number of hydrogen-bond acceptors (Lipinski definition) is 9. The number of carbonyl (C=O) groups is 1. The molecular formula is C39H43N5O6S. The highest BCUT2D eigenvalue weighted by atomic mass is 32.2. The van der Waals surface area contributed by atoms with Gasteiger partial charge in [0.1, 0.15) is 17.0 Å². The number of phenolic OH excluding ortho intramolecular Hbond substituents is 1. The highest BCUT2D eigenvalue weighted by Crippen LogP contribution is 2.43. The number of sulfone groups is 1. The van der Waals surface area contributed by atoms with Crippen molar-refractivity contribution in [3.05, 3.63) is 142 Å². The van der Waals surface area contributed by atoms with E-state index in [1.165, 1.54) is 12.1 Å². The number of H-pyrrole nitrogens is 1. The summed E-state index contributed by atoms with van der Waals surface area (Å²) in [6, 6.07) is 32.0. The lowest BCUT2D eigenvalue weighted by Crippen LogP contribution is -2.49. The van der Waals surface area contributed by atoms with Crippen molar-refractivity contribution < 1.29 is 23.4 Å². The number of phenols is 1. The van der Waals surface area contributed by atoms with Gasteiger partial charge in [-0.1, -0.05) is 78.9 Å². The molecule has 0 saturated carbocycles. The quantitative estimate of drug-likeness (QED) is 0.0892. The zero-order chi connectivity index (χ0) is 36.0. The SMILES string of the molecule is NC(=O)C(c1ccccc1)(c1ccccc1)[C@@H]1CCN(CCNCS(=O)(=O)c2ccc(CNC[C@@H](O)c3ccc(O)c4[nH]c(=O)ccc34)cc2)C1. The molecule has 2 atom stereocenters. The number of pyridine rings is 1. The van der Waals surface area contributed by atoms with Gasteiger partial charge in [-0.15, -0.1) is 0 Å². The number of fused-ring (bicyclic) bond motifs is 1. The van der Waals surface area contributed by atoms with Crippen molar-refractivity contribution in [3.63, 3.8) is 0 Å². The van der Waals surface area contributed by atoms with Gasteiger partial charge in [-0.2, -0.15) is 0 Å². The predicted octanol–water partition coefficient (Wildman–Crippen LogP) is 3.17. The molecule has 1 saturated heterocycles. The molecule has 4 aromatic carbocycles. The minimum absolute atomic E-state index is 0.0423. The molecule has 0 bridgehead atoms. The Morgan fingerprint density at radius 2 is 1.59 bits per heavy atom. The van der Waals surface area contributed by atoms with Gasteiger partial charge in [0.25, 0.3) is 0 Å². The van der Waals surface area contributed by atoms with Crippen LogP contribution in [0.5, 0.6) is 5.75 Å². The highest BCUT2D eigenvalue weighted by molar-refractivity contribution is 7.91. The van der Waals surface area contributed by atoms with Gasteiger partial charge in [-0.3, -0.25) is 9.59 Å². The van der Waals surface area contributed by atoms with E-state index in [0.717, 1.165) is 29.7 Å². The fraction of sp³-hybridized carbons (Fsp3) is 0.282. The number of nitrogens with two attached hydrogens (primary N) is 1. The number of aromatic hydroxyl groups is 1. The van der Waals surface area contributed by atoms with Gasteiger partial charge >= 0.3 is 0 Å². The Kier molecular flexibility index (Phi) is 11.0. The first kappa shape index (κ1) is 36.0. The number of aromatic amines is 1. The second-order valence-electron chi connectivity index (χ2n) is 13.0. The Morgan fingerprint density at radius 3 is 2.24 bits per heavy atom. The molecule has 0 unspecified atom stereocenters. The first-order chi connectivity index (χ1) is 24.6. The third-order valence-electron chi connectivity index (χ3n) is 9.84. The molecular weight excluding hydrogens is 667 g/mol. The van der Waals surface area contributed by atoms with Crippen LogP contribution >= 0.6 is 0 Å². The number of primary amides is 1. The van der Waals surface area contributed by atoms with Crippen LogP contribution in [0.4, 0.5) is 0 Å². The first-order valence-electron chi connectivity index (χ1n) is 17.0. The lowest BCUT2D eigenvalue weighted by Gasteiger charge is -2.37. The van der Waals surface area contributed by atoms with Crippen molar-refractivity contribution in [1.29, 1.82) is 0 Å². The Morgan fingerprint density at radius 1 is 0.922 bits per heavy atom. The molecule has 0 spiro atoms. The van der Waals surface area contributed by atoms with E-state index in [0.29, 0.717) is 37.1 Å². The number of nitrogens with one attached hydrogen (secondary N) is 3. The van der Waals surface area contributed by atoms with Crippen LogP contribution in [-0.4, -0.2) is 73.0 Å². The molecule has 11 nitrogen and oxygen atoms in total. The fourth-order valence-corrected chi connectivity index (χ4v) is 8.40. The van der Waals surface area contributed by atoms with Gasteiger partial charge in [0.05, 0.1) is 16.5 Å². The Labute approximate surface area is 297 Å². The van der Waals surface area contributed by atoms with E-state index in [2.05, 4.69) is 20.5 Å². The molecule has 2 heterocycles. The molecule has 1 amide bonds. The monoisotopic (exact) mass is 709 g/mol. The zero-order valence-electron chi connectivity index (χ0n) is 28.2. The summed E-state index contributed by atoms with van der Waals surface area (Å²) in [6.07, 6.45) is -0.129. The molecule has 0 aliphatic carbocycles. The number of carbonyl (C=O) groups excluding carboxylic acids is 1. The molecule has 12 heteroatoms. The van der Waals surface area contributed by atoms with Crippen LogP contribution in [0, 0.1) is 5.92 Å². The topological polar surface area (TPSA) is 178 Å². The second kappa shape index (κ2) is 15.6. The van der Waals surface area contributed by atoms with Gasteiger partial charge in [0, 0.05) is 44.2 Å². The molecule has 5 aromatic rings. The maximum Gasteiger partial charge on any atom is 0.248 e. The number of nitrogens with zero attached hydrogens (tertiary/aromatic N) is 1. The number of hydrogen-bond donors (Lipinski definition) is 6. The second-order valence-corrected chi connectivity index (χ2v) is 15.0. The molecule has 266 valence electrons. The van der Waals surface area contributed by atoms with Crippen LogP contribution < -0.4 is 21.9 Å². The Hall–Kier alpha value is -4.85. The number of likely N-dealkylation sites (tertiary alicyclic amines) is 1. The van der Waals surface area contributed by atoms with E-state index in [1.807, 2.05) is 60.7 Å². The minimum atomic E-state index is -3.58. The van der Waals surface area contributed by atoms with E-state index in [-0.39, 0.29) is 46.0 Å². The van der Waals surface area contributed by atoms with Gasteiger partial charge in [-0.25, -0.2) is 8.42 Å². The fourth-order valence-electron chi connectivity index (χ4n) is 7.27. The minimum Gasteiger partial charge on any atom is -0.506 e. The molecule has 1 aliphatic heterocycles. The number of rotatable bonds is 15. The van der Waals surface area contributed by atoms with Gasteiger partial charge in [0.2, 0.25) is 11.5 Å². The summed E-state index contributed by atoms with van der Waals surface area (Å²) in [7, 11) is -3.58. The van der Waals surface area contributed by atoms with E-state index in [1.54, 1.807) is 36.4 Å². The highest BCUT2D eigenvalue weighted by Gasteiger charge is 2.49. The third-order valence-corrected chi connectivity index (χ3v) is 11.4. The standard InChI is InChI=1S/C39H43N5O6S/c40-38(48)39(28-7-3-1-4-8-28,29-9-5-2-6-10-29)30-19-21-44(25-30)22-20-41-26-51(49,50)31-13-11-27(12-14-31)23-42-24-35(46)32-15-17-34(45)37-33(32)16-18-36(47)43-37/h1-18,30,35,41-42,45-46H,19-26H2,(H2,40,48)(H,43,47)/t30-,35-/m1/s1. The van der Waals surface area contributed by atoms with Crippen molar-refractivity contribution in [2.24, 2.45) is 11.7 Å². The summed E-state index contributed by atoms with van der Waals surface area (Å²) in [6.45, 7) is 3.10. The van der Waals surface area contributed by atoms with Crippen molar-refractivity contribution >= 4 is 26.6 Å². The maximum atomic E-state index is 13.3. The molecule has 0 radical (unpaired) electrons. The Bertz CT molecular complexity index is 2090. The number of aromatic nitrogens is 1. The summed E-state index contributed by atoms with van der Waals surface area (Å²) in [5.41, 5.74) is 8.31. The van der Waals surface area contributed by atoms with Crippen molar-refractivity contribution in [1.82, 2.24) is 20.5 Å². The number of benzene rings is 4. The van der Waals surface area contributed by atoms with Gasteiger partial charge in [-0.05, 0) is 65.4 Å². The van der Waals surface area contributed by atoms with Crippen molar-refractivity contribution in [2.45, 2.75) is 29.4 Å². The van der Waals surface area contributed by atoms with E-state index in [4.69, 9.17) is 5.73 Å². The van der Waals surface area contributed by atoms with E-state index in [9.17, 15) is 28.2 Å². The molecule has 6 rings (SSSR count). The molecule has 1 aliphatic rings. The first-order valence-corrected chi connectivity index (χ1v) is 18.6. The molecule has 1 fully saturated rings. The molecule has 51 heavy (non-hydrogen) atoms. The number of aliphatic hydroxyl groups is 1. The summed E-state index contributed by atoms with van der Waals surface area (Å²) < 4.78 is 26.2. The van der Waals surface area contributed by atoms with Crippen molar-refractivity contribution in [3.8, 4) is 5.75 Å². The van der Waals surface area contributed by atoms with Crippen LogP contribution in [0.15, 0.2) is 119 Å². The van der Waals surface area contributed by atoms with Crippen LogP contribution in [0.2, 0.25) is 0 Å². The largest absolute Gasteiger partial charge is 0.506 e. The summed E-state index contributed by atoms with van der Waals surface area (Å²) in [5.74, 6) is -0.705. The van der Waals surface area contributed by atoms with Gasteiger partial charge in [0.15, 0.2) is 9.84 Å². The van der Waals surface area contributed by atoms with Crippen molar-refractivity contribution in [2.75, 3.05) is 38.6 Å². The summed E-state index contributed by atoms with van der Waals surface area (Å²) in [4.78, 5) is 30.1. The average molecular weight is 710 g/mol. The average Bonchev–Trinajstić information content (AvgIpc) is 3.61. The van der Waals surface area contributed by atoms with Crippen LogP contribution in [-0.2, 0) is 26.6 Å². The molecule has 1 aromatic heterocycles. The lowest BCUT2D eigenvalue weighted by molar-refractivity contribution is -0.123. The van der Waals surface area contributed by atoms with Crippen LogP contribution in [0.3, 0.4) is 0 Å². The summed E-state index contributed by atoms with van der Waals surface area (Å²) in [5, 5.41) is 27.7. The lowest BCUT2D eigenvalue weighted by atomic mass is 9.64. The Balaban J connectivity index is 0.995. The van der Waals surface area contributed by atoms with Gasteiger partial charge < -0.3 is 36.5 Å². The number of aliphatic hydroxyl groups excluding tert-OH is 1. The van der Waals surface area contributed by atoms with Crippen LogP contribution in [0.1, 0.15) is 34.8 Å². The normalized spacial score (nSPS) is 16.0.